The Labute approximate surface area is 141 Å². The second kappa shape index (κ2) is 7.66. The zero-order valence-electron chi connectivity index (χ0n) is 12.7. The highest BCUT2D eigenvalue weighted by Crippen LogP contribution is 2.23. The predicted octanol–water partition coefficient (Wildman–Crippen LogP) is 5.15. The van der Waals surface area contributed by atoms with E-state index in [2.05, 4.69) is 0 Å². The minimum atomic E-state index is 0.00829. The van der Waals surface area contributed by atoms with E-state index in [0.717, 1.165) is 11.1 Å². The molecule has 2 aromatic carbocycles. The first kappa shape index (κ1) is 16.9. The Morgan fingerprint density at radius 2 is 1.77 bits per heavy atom. The molecule has 0 N–H and O–H groups in total. The van der Waals surface area contributed by atoms with E-state index < -0.39 is 0 Å². The Bertz CT molecular complexity index is 640. The molecule has 4 heteroatoms. The minimum absolute atomic E-state index is 0.00829. The summed E-state index contributed by atoms with van der Waals surface area (Å²) in [4.78, 5) is 14.5. The Morgan fingerprint density at radius 1 is 1.09 bits per heavy atom. The van der Waals surface area contributed by atoms with Crippen molar-refractivity contribution in [2.24, 2.45) is 0 Å². The van der Waals surface area contributed by atoms with E-state index in [9.17, 15) is 4.79 Å². The molecule has 22 heavy (non-hydrogen) atoms. The number of amides is 1. The van der Waals surface area contributed by atoms with Gasteiger partial charge in [-0.1, -0.05) is 47.5 Å². The highest BCUT2D eigenvalue weighted by molar-refractivity contribution is 6.30. The molecular formula is C18H19Cl2NO. The fourth-order valence-electron chi connectivity index (χ4n) is 2.51. The van der Waals surface area contributed by atoms with Crippen LogP contribution < -0.4 is 0 Å². The molecule has 0 aliphatic carbocycles. The SMILES string of the molecule is CCN(C(=O)Cc1cccc(Cl)c1)C(C)c1ccc(Cl)cc1. The minimum Gasteiger partial charge on any atom is -0.336 e. The number of likely N-dealkylation sites (N-methyl/N-ethyl adjacent to an activating group) is 1. The fourth-order valence-corrected chi connectivity index (χ4v) is 2.85. The summed E-state index contributed by atoms with van der Waals surface area (Å²) in [5, 5.41) is 1.35. The van der Waals surface area contributed by atoms with Crippen molar-refractivity contribution in [3.8, 4) is 0 Å². The monoisotopic (exact) mass is 335 g/mol. The van der Waals surface area contributed by atoms with Crippen LogP contribution in [0.1, 0.15) is 31.0 Å². The average molecular weight is 336 g/mol. The third-order valence-electron chi connectivity index (χ3n) is 3.73. The second-order valence-corrected chi connectivity index (χ2v) is 6.09. The van der Waals surface area contributed by atoms with Gasteiger partial charge >= 0.3 is 0 Å². The molecule has 0 aliphatic heterocycles. The van der Waals surface area contributed by atoms with Crippen molar-refractivity contribution in [2.45, 2.75) is 26.3 Å². The number of carbonyl (C=O) groups excluding carboxylic acids is 1. The molecule has 2 nitrogen and oxygen atoms in total. The van der Waals surface area contributed by atoms with E-state index in [0.29, 0.717) is 23.0 Å². The number of carbonyl (C=O) groups is 1. The van der Waals surface area contributed by atoms with Gasteiger partial charge in [-0.15, -0.1) is 0 Å². The molecule has 1 amide bonds. The van der Waals surface area contributed by atoms with Gasteiger partial charge in [0.25, 0.3) is 0 Å². The molecule has 1 unspecified atom stereocenters. The summed E-state index contributed by atoms with van der Waals surface area (Å²) in [6.07, 6.45) is 0.354. The lowest BCUT2D eigenvalue weighted by Gasteiger charge is -2.28. The van der Waals surface area contributed by atoms with Gasteiger partial charge in [0.2, 0.25) is 5.91 Å². The zero-order valence-corrected chi connectivity index (χ0v) is 14.2. The molecule has 0 spiro atoms. The number of hydrogen-bond acceptors (Lipinski definition) is 1. The van der Waals surface area contributed by atoms with Gasteiger partial charge in [0.1, 0.15) is 0 Å². The van der Waals surface area contributed by atoms with Gasteiger partial charge in [-0.05, 0) is 49.2 Å². The highest BCUT2D eigenvalue weighted by Gasteiger charge is 2.20. The molecule has 0 aliphatic rings. The maximum absolute atomic E-state index is 12.6. The van der Waals surface area contributed by atoms with Crippen molar-refractivity contribution < 1.29 is 4.79 Å². The summed E-state index contributed by atoms with van der Waals surface area (Å²) in [7, 11) is 0. The third kappa shape index (κ3) is 4.25. The number of nitrogens with zero attached hydrogens (tertiary/aromatic N) is 1. The van der Waals surface area contributed by atoms with Crippen LogP contribution in [0.3, 0.4) is 0 Å². The molecule has 0 fully saturated rings. The van der Waals surface area contributed by atoms with E-state index in [1.165, 1.54) is 0 Å². The van der Waals surface area contributed by atoms with E-state index in [-0.39, 0.29) is 11.9 Å². The molecule has 2 aromatic rings. The predicted molar refractivity (Wildman–Crippen MR) is 92.4 cm³/mol. The second-order valence-electron chi connectivity index (χ2n) is 5.21. The van der Waals surface area contributed by atoms with Crippen molar-refractivity contribution in [1.82, 2.24) is 4.90 Å². The van der Waals surface area contributed by atoms with Crippen LogP contribution in [-0.2, 0) is 11.2 Å². The van der Waals surface area contributed by atoms with Crippen molar-refractivity contribution in [3.63, 3.8) is 0 Å². The van der Waals surface area contributed by atoms with Gasteiger partial charge in [-0.3, -0.25) is 4.79 Å². The first-order valence-corrected chi connectivity index (χ1v) is 8.06. The molecule has 0 heterocycles. The largest absolute Gasteiger partial charge is 0.336 e. The van der Waals surface area contributed by atoms with Crippen LogP contribution in [0.4, 0.5) is 0 Å². The number of hydrogen-bond donors (Lipinski definition) is 0. The fraction of sp³-hybridized carbons (Fsp3) is 0.278. The van der Waals surface area contributed by atoms with Crippen LogP contribution in [0.5, 0.6) is 0 Å². The lowest BCUT2D eigenvalue weighted by molar-refractivity contribution is -0.132. The first-order valence-electron chi connectivity index (χ1n) is 7.30. The normalized spacial score (nSPS) is 12.0. The molecule has 1 atom stereocenters. The molecule has 0 aromatic heterocycles. The first-order chi connectivity index (χ1) is 10.5. The number of rotatable bonds is 5. The summed E-state index contributed by atoms with van der Waals surface area (Å²) in [6.45, 7) is 4.67. The molecule has 0 saturated carbocycles. The maximum atomic E-state index is 12.6. The molecule has 0 bridgehead atoms. The standard InChI is InChI=1S/C18H19Cl2NO/c1-3-21(13(2)15-7-9-16(19)10-8-15)18(22)12-14-5-4-6-17(20)11-14/h4-11,13H,3,12H2,1-2H3. The lowest BCUT2D eigenvalue weighted by Crippen LogP contribution is -2.34. The quantitative estimate of drug-likeness (QED) is 0.740. The van der Waals surface area contributed by atoms with E-state index in [4.69, 9.17) is 23.2 Å². The van der Waals surface area contributed by atoms with Gasteiger partial charge in [-0.2, -0.15) is 0 Å². The smallest absolute Gasteiger partial charge is 0.227 e. The van der Waals surface area contributed by atoms with Crippen LogP contribution in [0.15, 0.2) is 48.5 Å². The third-order valence-corrected chi connectivity index (χ3v) is 4.21. The van der Waals surface area contributed by atoms with Crippen LogP contribution in [0, 0.1) is 0 Å². The average Bonchev–Trinajstić information content (AvgIpc) is 2.48. The Morgan fingerprint density at radius 3 is 2.36 bits per heavy atom. The molecule has 116 valence electrons. The van der Waals surface area contributed by atoms with Crippen LogP contribution >= 0.6 is 23.2 Å². The molecule has 2 rings (SSSR count). The molecular weight excluding hydrogens is 317 g/mol. The summed E-state index contributed by atoms with van der Waals surface area (Å²) < 4.78 is 0. The van der Waals surface area contributed by atoms with Gasteiger partial charge in [0, 0.05) is 16.6 Å². The highest BCUT2D eigenvalue weighted by atomic mass is 35.5. The Balaban J connectivity index is 2.12. The summed E-state index contributed by atoms with van der Waals surface area (Å²) in [5.74, 6) is 0.0900. The van der Waals surface area contributed by atoms with E-state index in [1.807, 2.05) is 67.3 Å². The zero-order chi connectivity index (χ0) is 16.1. The summed E-state index contributed by atoms with van der Waals surface area (Å²) >= 11 is 11.9. The van der Waals surface area contributed by atoms with Crippen molar-refractivity contribution in [2.75, 3.05) is 6.54 Å². The lowest BCUT2D eigenvalue weighted by atomic mass is 10.1. The van der Waals surface area contributed by atoms with Crippen molar-refractivity contribution in [3.05, 3.63) is 69.7 Å². The van der Waals surface area contributed by atoms with Gasteiger partial charge in [0.15, 0.2) is 0 Å². The summed E-state index contributed by atoms with van der Waals surface area (Å²) in [6, 6.07) is 15.1. The van der Waals surface area contributed by atoms with Gasteiger partial charge in [0.05, 0.1) is 12.5 Å². The van der Waals surface area contributed by atoms with E-state index in [1.54, 1.807) is 0 Å². The van der Waals surface area contributed by atoms with Gasteiger partial charge in [-0.25, -0.2) is 0 Å². The Kier molecular flexibility index (Phi) is 5.87. The number of benzene rings is 2. The van der Waals surface area contributed by atoms with Crippen LogP contribution in [0.25, 0.3) is 0 Å². The number of halogens is 2. The summed E-state index contributed by atoms with van der Waals surface area (Å²) in [5.41, 5.74) is 2.00. The van der Waals surface area contributed by atoms with Gasteiger partial charge < -0.3 is 4.90 Å². The van der Waals surface area contributed by atoms with Crippen molar-refractivity contribution in [1.29, 1.82) is 0 Å². The van der Waals surface area contributed by atoms with Crippen LogP contribution in [-0.4, -0.2) is 17.4 Å². The van der Waals surface area contributed by atoms with Crippen molar-refractivity contribution >= 4 is 29.1 Å². The van der Waals surface area contributed by atoms with E-state index >= 15 is 0 Å². The topological polar surface area (TPSA) is 20.3 Å². The Hall–Kier alpha value is -1.51. The molecule has 0 saturated heterocycles. The maximum Gasteiger partial charge on any atom is 0.227 e. The van der Waals surface area contributed by atoms with Crippen LogP contribution in [0.2, 0.25) is 10.0 Å². The molecule has 0 radical (unpaired) electrons.